The Morgan fingerprint density at radius 2 is 1.81 bits per heavy atom. The quantitative estimate of drug-likeness (QED) is 0.397. The summed E-state index contributed by atoms with van der Waals surface area (Å²) in [5, 5.41) is 6.02. The van der Waals surface area contributed by atoms with Gasteiger partial charge in [-0.05, 0) is 48.4 Å². The smallest absolute Gasteiger partial charge is 0.385 e. The van der Waals surface area contributed by atoms with Gasteiger partial charge in [0, 0.05) is 49.2 Å². The van der Waals surface area contributed by atoms with E-state index < -0.39 is 23.8 Å². The molecule has 0 bridgehead atoms. The molecule has 1 aliphatic rings. The lowest BCUT2D eigenvalue weighted by atomic mass is 10.1. The molecule has 188 valence electrons. The summed E-state index contributed by atoms with van der Waals surface area (Å²) in [5.74, 6) is -0.495. The number of fused-ring (bicyclic) bond motifs is 1. The Bertz CT molecular complexity index is 1250. The van der Waals surface area contributed by atoms with Crippen LogP contribution in [0.25, 0.3) is 0 Å². The molecular weight excluding hydrogens is 471 g/mol. The molecule has 1 atom stereocenters. The van der Waals surface area contributed by atoms with Crippen molar-refractivity contribution >= 4 is 17.5 Å². The summed E-state index contributed by atoms with van der Waals surface area (Å²) in [6.07, 6.45) is -4.18. The highest BCUT2D eigenvalue weighted by molar-refractivity contribution is 5.99. The van der Waals surface area contributed by atoms with E-state index in [1.807, 2.05) is 18.2 Å². The number of methoxy groups -OCH3 is 1. The Morgan fingerprint density at radius 1 is 1.03 bits per heavy atom. The number of hydrogen-bond acceptors (Lipinski definition) is 4. The molecule has 0 spiro atoms. The van der Waals surface area contributed by atoms with Crippen molar-refractivity contribution in [2.75, 3.05) is 25.6 Å². The summed E-state index contributed by atoms with van der Waals surface area (Å²) >= 11 is 0. The first-order valence-corrected chi connectivity index (χ1v) is 11.5. The van der Waals surface area contributed by atoms with Gasteiger partial charge < -0.3 is 20.3 Å². The van der Waals surface area contributed by atoms with Gasteiger partial charge in [-0.15, -0.1) is 0 Å². The average Bonchev–Trinajstić information content (AvgIpc) is 3.13. The molecule has 1 unspecified atom stereocenters. The van der Waals surface area contributed by atoms with Crippen LogP contribution in [0.1, 0.15) is 50.0 Å². The highest BCUT2D eigenvalue weighted by atomic mass is 19.4. The number of halogens is 3. The summed E-state index contributed by atoms with van der Waals surface area (Å²) in [6.45, 7) is 0.975. The summed E-state index contributed by atoms with van der Waals surface area (Å²) in [7, 11) is 1.61. The second-order valence-electron chi connectivity index (χ2n) is 8.44. The molecule has 9 heteroatoms. The monoisotopic (exact) mass is 497 g/mol. The van der Waals surface area contributed by atoms with Crippen LogP contribution >= 0.6 is 0 Å². The molecule has 3 aromatic rings. The first kappa shape index (κ1) is 25.2. The molecule has 36 heavy (non-hydrogen) atoms. The molecule has 2 N–H and O–H groups in total. The highest BCUT2D eigenvalue weighted by Crippen LogP contribution is 2.34. The number of benzene rings is 3. The summed E-state index contributed by atoms with van der Waals surface area (Å²) < 4.78 is 44.0. The van der Waals surface area contributed by atoms with Crippen LogP contribution < -0.4 is 10.6 Å². The number of rotatable bonds is 9. The Morgan fingerprint density at radius 3 is 2.58 bits per heavy atom. The Labute approximate surface area is 207 Å². The van der Waals surface area contributed by atoms with Crippen molar-refractivity contribution in [1.29, 1.82) is 0 Å². The molecule has 0 saturated carbocycles. The molecule has 3 aromatic carbocycles. The third kappa shape index (κ3) is 5.68. The number of carbonyl (C=O) groups excluding carboxylic acids is 2. The first-order chi connectivity index (χ1) is 17.3. The van der Waals surface area contributed by atoms with Gasteiger partial charge >= 0.3 is 6.18 Å². The van der Waals surface area contributed by atoms with Crippen molar-refractivity contribution < 1.29 is 27.5 Å². The minimum absolute atomic E-state index is 0.0435. The van der Waals surface area contributed by atoms with E-state index in [-0.39, 0.29) is 12.5 Å². The van der Waals surface area contributed by atoms with E-state index in [4.69, 9.17) is 4.74 Å². The van der Waals surface area contributed by atoms with Crippen LogP contribution in [-0.4, -0.2) is 37.0 Å². The minimum Gasteiger partial charge on any atom is -0.385 e. The van der Waals surface area contributed by atoms with Crippen LogP contribution in [-0.2, 0) is 17.5 Å². The molecule has 2 amide bonds. The number of amides is 2. The van der Waals surface area contributed by atoms with Crippen molar-refractivity contribution in [3.05, 3.63) is 101 Å². The molecule has 0 saturated heterocycles. The molecule has 6 nitrogen and oxygen atoms in total. The van der Waals surface area contributed by atoms with Crippen molar-refractivity contribution in [2.24, 2.45) is 0 Å². The fourth-order valence-electron chi connectivity index (χ4n) is 4.19. The van der Waals surface area contributed by atoms with E-state index in [0.29, 0.717) is 42.0 Å². The molecule has 0 radical (unpaired) electrons. The van der Waals surface area contributed by atoms with E-state index in [1.165, 1.54) is 12.1 Å². The van der Waals surface area contributed by atoms with Crippen LogP contribution in [0.5, 0.6) is 0 Å². The van der Waals surface area contributed by atoms with Gasteiger partial charge in [0.1, 0.15) is 6.17 Å². The molecule has 0 aliphatic carbocycles. The zero-order valence-corrected chi connectivity index (χ0v) is 19.6. The van der Waals surface area contributed by atoms with Gasteiger partial charge in [-0.2, -0.15) is 13.2 Å². The van der Waals surface area contributed by atoms with Crippen molar-refractivity contribution in [3.63, 3.8) is 0 Å². The standard InChI is InChI=1S/C27H26F3N3O3/c1-36-14-6-13-33-24(22-11-2-3-12-23(22)26(33)35)32-21-10-5-8-19(16-21)25(34)31-17-18-7-4-9-20(15-18)27(28,29)30/h2-5,7-12,15-16,24,32H,6,13-14,17H2,1H3,(H,31,34). The predicted octanol–water partition coefficient (Wildman–Crippen LogP) is 5.24. The van der Waals surface area contributed by atoms with Gasteiger partial charge in [0.2, 0.25) is 0 Å². The molecule has 0 fully saturated rings. The van der Waals surface area contributed by atoms with Crippen molar-refractivity contribution in [3.8, 4) is 0 Å². The maximum atomic E-state index is 13.0. The van der Waals surface area contributed by atoms with Gasteiger partial charge in [-0.3, -0.25) is 9.59 Å². The SMILES string of the molecule is COCCCN1C(=O)c2ccccc2C1Nc1cccc(C(=O)NCc2cccc(C(F)(F)F)c2)c1. The van der Waals surface area contributed by atoms with Gasteiger partial charge in [0.05, 0.1) is 5.56 Å². The van der Waals surface area contributed by atoms with Gasteiger partial charge in [-0.25, -0.2) is 0 Å². The number of nitrogens with one attached hydrogen (secondary N) is 2. The van der Waals surface area contributed by atoms with Crippen molar-refractivity contribution in [1.82, 2.24) is 10.2 Å². The topological polar surface area (TPSA) is 70.7 Å². The largest absolute Gasteiger partial charge is 0.416 e. The Balaban J connectivity index is 1.47. The lowest BCUT2D eigenvalue weighted by Gasteiger charge is -2.27. The lowest BCUT2D eigenvalue weighted by molar-refractivity contribution is -0.137. The Hall–Kier alpha value is -3.85. The predicted molar refractivity (Wildman–Crippen MR) is 129 cm³/mol. The lowest BCUT2D eigenvalue weighted by Crippen LogP contribution is -2.33. The second-order valence-corrected chi connectivity index (χ2v) is 8.44. The van der Waals surface area contributed by atoms with Gasteiger partial charge in [0.15, 0.2) is 0 Å². The normalized spacial score (nSPS) is 15.1. The zero-order chi connectivity index (χ0) is 25.7. The zero-order valence-electron chi connectivity index (χ0n) is 19.6. The third-order valence-corrected chi connectivity index (χ3v) is 5.94. The molecule has 4 rings (SSSR count). The van der Waals surface area contributed by atoms with Gasteiger partial charge in [-0.1, -0.05) is 36.4 Å². The number of hydrogen-bond donors (Lipinski definition) is 2. The van der Waals surface area contributed by atoms with Crippen LogP contribution in [0, 0.1) is 0 Å². The first-order valence-electron chi connectivity index (χ1n) is 11.5. The van der Waals surface area contributed by atoms with Crippen LogP contribution in [0.15, 0.2) is 72.8 Å². The van der Waals surface area contributed by atoms with Crippen LogP contribution in [0.2, 0.25) is 0 Å². The van der Waals surface area contributed by atoms with Crippen LogP contribution in [0.3, 0.4) is 0 Å². The molecule has 0 aromatic heterocycles. The number of nitrogens with zero attached hydrogens (tertiary/aromatic N) is 1. The second kappa shape index (κ2) is 10.8. The van der Waals surface area contributed by atoms with E-state index in [9.17, 15) is 22.8 Å². The summed E-state index contributed by atoms with van der Waals surface area (Å²) in [6, 6.07) is 19.0. The average molecular weight is 498 g/mol. The highest BCUT2D eigenvalue weighted by Gasteiger charge is 2.36. The maximum Gasteiger partial charge on any atom is 0.416 e. The van der Waals surface area contributed by atoms with E-state index in [1.54, 1.807) is 42.3 Å². The fraction of sp³-hybridized carbons (Fsp3) is 0.259. The van der Waals surface area contributed by atoms with E-state index >= 15 is 0 Å². The number of ether oxygens (including phenoxy) is 1. The molecule has 1 heterocycles. The van der Waals surface area contributed by atoms with E-state index in [0.717, 1.165) is 17.7 Å². The number of alkyl halides is 3. The van der Waals surface area contributed by atoms with E-state index in [2.05, 4.69) is 10.6 Å². The summed E-state index contributed by atoms with van der Waals surface area (Å²) in [4.78, 5) is 27.5. The fourth-order valence-corrected chi connectivity index (χ4v) is 4.19. The molecule has 1 aliphatic heterocycles. The maximum absolute atomic E-state index is 13.0. The Kier molecular flexibility index (Phi) is 7.59. The third-order valence-electron chi connectivity index (χ3n) is 5.94. The summed E-state index contributed by atoms with van der Waals surface area (Å²) in [5.41, 5.74) is 2.03. The van der Waals surface area contributed by atoms with Crippen molar-refractivity contribution in [2.45, 2.75) is 25.3 Å². The number of carbonyl (C=O) groups is 2. The van der Waals surface area contributed by atoms with Gasteiger partial charge in [0.25, 0.3) is 11.8 Å². The number of anilines is 1. The van der Waals surface area contributed by atoms with Crippen LogP contribution in [0.4, 0.5) is 18.9 Å². The molecular formula is C27H26F3N3O3. The minimum atomic E-state index is -4.45.